The lowest BCUT2D eigenvalue weighted by Gasteiger charge is -2.10. The maximum atomic E-state index is 13.4. The Balaban J connectivity index is 1.32. The monoisotopic (exact) mass is 472 g/mol. The van der Waals surface area contributed by atoms with Crippen molar-refractivity contribution in [2.45, 2.75) is 11.7 Å². The van der Waals surface area contributed by atoms with Gasteiger partial charge in [-0.25, -0.2) is 9.37 Å². The van der Waals surface area contributed by atoms with Gasteiger partial charge in [-0.3, -0.25) is 9.36 Å². The SMILES string of the molecule is Cn1c(CNC(=O)CSc2nnc(-c3ccc(F)cc3)n2-c2ccccc2)nc2ccccc21. The molecular weight excluding hydrogens is 451 g/mol. The predicted octanol–water partition coefficient (Wildman–Crippen LogP) is 4.37. The summed E-state index contributed by atoms with van der Waals surface area (Å²) in [6.45, 7) is 0.330. The van der Waals surface area contributed by atoms with E-state index in [1.54, 1.807) is 12.1 Å². The molecule has 0 fully saturated rings. The number of rotatable bonds is 7. The summed E-state index contributed by atoms with van der Waals surface area (Å²) in [6.07, 6.45) is 0. The van der Waals surface area contributed by atoms with E-state index in [4.69, 9.17) is 0 Å². The summed E-state index contributed by atoms with van der Waals surface area (Å²) in [4.78, 5) is 17.2. The number of nitrogens with zero attached hydrogens (tertiary/aromatic N) is 5. The van der Waals surface area contributed by atoms with Crippen molar-refractivity contribution in [1.29, 1.82) is 0 Å². The lowest BCUT2D eigenvalue weighted by atomic mass is 10.2. The Bertz CT molecular complexity index is 1450. The lowest BCUT2D eigenvalue weighted by molar-refractivity contribution is -0.118. The standard InChI is InChI=1S/C25H21FN6OS/c1-31-21-10-6-5-9-20(21)28-22(31)15-27-23(33)16-34-25-30-29-24(17-11-13-18(26)14-12-17)32(25)19-7-3-2-4-8-19/h2-14H,15-16H2,1H3,(H,27,33). The van der Waals surface area contributed by atoms with E-state index in [1.165, 1.54) is 23.9 Å². The van der Waals surface area contributed by atoms with Crippen molar-refractivity contribution in [1.82, 2.24) is 29.6 Å². The minimum atomic E-state index is -0.318. The molecule has 5 rings (SSSR count). The van der Waals surface area contributed by atoms with Crippen LogP contribution < -0.4 is 5.32 Å². The first kappa shape index (κ1) is 21.8. The summed E-state index contributed by atoms with van der Waals surface area (Å²) in [5.74, 6) is 1.07. The number of para-hydroxylation sites is 3. The Labute approximate surface area is 199 Å². The number of carbonyl (C=O) groups excluding carboxylic acids is 1. The molecule has 5 aromatic rings. The number of hydrogen-bond acceptors (Lipinski definition) is 5. The molecule has 2 aromatic heterocycles. The second kappa shape index (κ2) is 9.48. The molecule has 2 heterocycles. The van der Waals surface area contributed by atoms with Crippen LogP contribution in [0, 0.1) is 5.82 Å². The third kappa shape index (κ3) is 4.42. The lowest BCUT2D eigenvalue weighted by Crippen LogP contribution is -2.26. The summed E-state index contributed by atoms with van der Waals surface area (Å²) < 4.78 is 17.3. The normalized spacial score (nSPS) is 11.1. The maximum Gasteiger partial charge on any atom is 0.230 e. The molecule has 34 heavy (non-hydrogen) atoms. The van der Waals surface area contributed by atoms with Crippen LogP contribution >= 0.6 is 11.8 Å². The first-order valence-corrected chi connectivity index (χ1v) is 11.7. The molecule has 0 bridgehead atoms. The van der Waals surface area contributed by atoms with Crippen LogP contribution in [0.15, 0.2) is 84.0 Å². The van der Waals surface area contributed by atoms with Crippen molar-refractivity contribution >= 4 is 28.7 Å². The number of nitrogens with one attached hydrogen (secondary N) is 1. The summed E-state index contributed by atoms with van der Waals surface area (Å²) >= 11 is 1.29. The molecule has 0 unspecified atom stereocenters. The van der Waals surface area contributed by atoms with Gasteiger partial charge in [0.15, 0.2) is 11.0 Å². The Hall–Kier alpha value is -3.98. The van der Waals surface area contributed by atoms with E-state index in [2.05, 4.69) is 20.5 Å². The number of hydrogen-bond donors (Lipinski definition) is 1. The van der Waals surface area contributed by atoms with E-state index in [0.717, 1.165) is 28.1 Å². The van der Waals surface area contributed by atoms with Crippen LogP contribution in [0.25, 0.3) is 28.1 Å². The zero-order chi connectivity index (χ0) is 23.5. The molecule has 0 radical (unpaired) electrons. The average Bonchev–Trinajstić information content (AvgIpc) is 3.43. The van der Waals surface area contributed by atoms with E-state index in [1.807, 2.05) is 70.8 Å². The fourth-order valence-corrected chi connectivity index (χ4v) is 4.45. The van der Waals surface area contributed by atoms with E-state index < -0.39 is 0 Å². The van der Waals surface area contributed by atoms with E-state index in [9.17, 15) is 9.18 Å². The summed E-state index contributed by atoms with van der Waals surface area (Å²) in [6, 6.07) is 23.6. The van der Waals surface area contributed by atoms with Gasteiger partial charge in [0, 0.05) is 18.3 Å². The van der Waals surface area contributed by atoms with Crippen LogP contribution in [-0.2, 0) is 18.4 Å². The maximum absolute atomic E-state index is 13.4. The molecule has 0 saturated heterocycles. The predicted molar refractivity (Wildman–Crippen MR) is 130 cm³/mol. The van der Waals surface area contributed by atoms with Gasteiger partial charge in [0.25, 0.3) is 0 Å². The molecule has 1 N–H and O–H groups in total. The van der Waals surface area contributed by atoms with E-state index in [0.29, 0.717) is 17.5 Å². The van der Waals surface area contributed by atoms with Gasteiger partial charge in [0.2, 0.25) is 5.91 Å². The van der Waals surface area contributed by atoms with Gasteiger partial charge in [-0.15, -0.1) is 10.2 Å². The number of amides is 1. The smallest absolute Gasteiger partial charge is 0.230 e. The number of fused-ring (bicyclic) bond motifs is 1. The van der Waals surface area contributed by atoms with Crippen LogP contribution in [-0.4, -0.2) is 36.0 Å². The highest BCUT2D eigenvalue weighted by molar-refractivity contribution is 7.99. The van der Waals surface area contributed by atoms with E-state index >= 15 is 0 Å². The summed E-state index contributed by atoms with van der Waals surface area (Å²) in [5.41, 5.74) is 3.50. The second-order valence-corrected chi connectivity index (χ2v) is 8.57. The number of aryl methyl sites for hydroxylation is 1. The number of carbonyl (C=O) groups is 1. The molecule has 170 valence electrons. The van der Waals surface area contributed by atoms with Crippen molar-refractivity contribution in [3.05, 3.63) is 90.5 Å². The Kier molecular flexibility index (Phi) is 6.09. The molecule has 9 heteroatoms. The molecule has 3 aromatic carbocycles. The topological polar surface area (TPSA) is 77.6 Å². The van der Waals surface area contributed by atoms with Crippen LogP contribution in [0.2, 0.25) is 0 Å². The van der Waals surface area contributed by atoms with Gasteiger partial charge in [-0.05, 0) is 48.5 Å². The highest BCUT2D eigenvalue weighted by atomic mass is 32.2. The van der Waals surface area contributed by atoms with Gasteiger partial charge >= 0.3 is 0 Å². The molecule has 7 nitrogen and oxygen atoms in total. The van der Waals surface area contributed by atoms with Crippen molar-refractivity contribution < 1.29 is 9.18 Å². The van der Waals surface area contributed by atoms with Crippen molar-refractivity contribution in [2.24, 2.45) is 7.05 Å². The minimum absolute atomic E-state index is 0.136. The van der Waals surface area contributed by atoms with Gasteiger partial charge in [-0.2, -0.15) is 0 Å². The highest BCUT2D eigenvalue weighted by Gasteiger charge is 2.17. The molecule has 0 aliphatic rings. The number of imidazole rings is 1. The number of halogens is 1. The Morgan fingerprint density at radius 1 is 0.971 bits per heavy atom. The largest absolute Gasteiger partial charge is 0.348 e. The zero-order valence-corrected chi connectivity index (χ0v) is 19.2. The molecular formula is C25H21FN6OS. The average molecular weight is 473 g/mol. The van der Waals surface area contributed by atoms with Gasteiger partial charge in [0.05, 0.1) is 23.3 Å². The van der Waals surface area contributed by atoms with Crippen molar-refractivity contribution in [3.8, 4) is 17.1 Å². The highest BCUT2D eigenvalue weighted by Crippen LogP contribution is 2.28. The first-order valence-electron chi connectivity index (χ1n) is 10.7. The van der Waals surface area contributed by atoms with E-state index in [-0.39, 0.29) is 17.5 Å². The fraction of sp³-hybridized carbons (Fsp3) is 0.120. The first-order chi connectivity index (χ1) is 16.6. The third-order valence-electron chi connectivity index (χ3n) is 5.41. The Morgan fingerprint density at radius 2 is 1.71 bits per heavy atom. The minimum Gasteiger partial charge on any atom is -0.348 e. The van der Waals surface area contributed by atoms with Gasteiger partial charge in [-0.1, -0.05) is 42.1 Å². The molecule has 0 saturated carbocycles. The van der Waals surface area contributed by atoms with Crippen LogP contribution in [0.5, 0.6) is 0 Å². The van der Waals surface area contributed by atoms with Crippen LogP contribution in [0.4, 0.5) is 4.39 Å². The van der Waals surface area contributed by atoms with Gasteiger partial charge in [0.1, 0.15) is 11.6 Å². The third-order valence-corrected chi connectivity index (χ3v) is 6.33. The van der Waals surface area contributed by atoms with Crippen molar-refractivity contribution in [2.75, 3.05) is 5.75 Å². The quantitative estimate of drug-likeness (QED) is 0.356. The molecule has 0 atom stereocenters. The zero-order valence-electron chi connectivity index (χ0n) is 18.4. The fourth-order valence-electron chi connectivity index (χ4n) is 3.67. The number of benzene rings is 3. The molecule has 1 amide bonds. The molecule has 0 aliphatic heterocycles. The van der Waals surface area contributed by atoms with Crippen LogP contribution in [0.3, 0.4) is 0 Å². The molecule has 0 spiro atoms. The molecule has 0 aliphatic carbocycles. The van der Waals surface area contributed by atoms with Gasteiger partial charge < -0.3 is 9.88 Å². The summed E-state index contributed by atoms with van der Waals surface area (Å²) in [5, 5.41) is 12.1. The van der Waals surface area contributed by atoms with Crippen LogP contribution in [0.1, 0.15) is 5.82 Å². The second-order valence-electron chi connectivity index (χ2n) is 7.63. The Morgan fingerprint density at radius 3 is 2.47 bits per heavy atom. The number of thioether (sulfide) groups is 1. The van der Waals surface area contributed by atoms with Crippen molar-refractivity contribution in [3.63, 3.8) is 0 Å². The number of aromatic nitrogens is 5. The summed E-state index contributed by atoms with van der Waals surface area (Å²) in [7, 11) is 1.94.